The number of methoxy groups -OCH3 is 2. The molecule has 0 aliphatic carbocycles. The molecule has 2 aromatic carbocycles. The van der Waals surface area contributed by atoms with Gasteiger partial charge >= 0.3 is 0 Å². The number of halogens is 1. The minimum atomic E-state index is -0.365. The number of rotatable bonds is 8. The number of amides is 1. The molecule has 8 nitrogen and oxygen atoms in total. The third kappa shape index (κ3) is 4.82. The lowest BCUT2D eigenvalue weighted by molar-refractivity contribution is 0.0949. The number of nitrogens with zero attached hydrogens (tertiary/aromatic N) is 4. The van der Waals surface area contributed by atoms with Crippen molar-refractivity contribution in [3.63, 3.8) is 0 Å². The Balaban J connectivity index is 1.56. The van der Waals surface area contributed by atoms with Gasteiger partial charge in [-0.25, -0.2) is 9.07 Å². The quantitative estimate of drug-likeness (QED) is 0.445. The van der Waals surface area contributed by atoms with Gasteiger partial charge in [-0.2, -0.15) is 0 Å². The van der Waals surface area contributed by atoms with E-state index in [1.807, 2.05) is 18.2 Å². The minimum absolute atomic E-state index is 0.165. The Kier molecular flexibility index (Phi) is 6.58. The van der Waals surface area contributed by atoms with Gasteiger partial charge in [0.15, 0.2) is 17.2 Å². The van der Waals surface area contributed by atoms with Crippen LogP contribution < -0.4 is 14.8 Å². The van der Waals surface area contributed by atoms with Crippen LogP contribution in [-0.2, 0) is 6.42 Å². The fourth-order valence-corrected chi connectivity index (χ4v) is 3.41. The van der Waals surface area contributed by atoms with Crippen molar-refractivity contribution < 1.29 is 18.7 Å². The summed E-state index contributed by atoms with van der Waals surface area (Å²) in [4.78, 5) is 17.0. The van der Waals surface area contributed by atoms with Crippen LogP contribution in [0.25, 0.3) is 16.9 Å². The van der Waals surface area contributed by atoms with Crippen LogP contribution in [0.1, 0.15) is 16.1 Å². The number of carbonyl (C=O) groups excluding carboxylic acids is 1. The van der Waals surface area contributed by atoms with Crippen LogP contribution in [0, 0.1) is 5.82 Å². The van der Waals surface area contributed by atoms with Crippen LogP contribution in [0.4, 0.5) is 4.39 Å². The average molecular weight is 447 g/mol. The van der Waals surface area contributed by atoms with Crippen LogP contribution in [0.2, 0.25) is 0 Å². The van der Waals surface area contributed by atoms with Gasteiger partial charge in [0.2, 0.25) is 0 Å². The van der Waals surface area contributed by atoms with Gasteiger partial charge in [-0.3, -0.25) is 9.78 Å². The van der Waals surface area contributed by atoms with Gasteiger partial charge in [0, 0.05) is 24.5 Å². The molecule has 0 bridgehead atoms. The van der Waals surface area contributed by atoms with Gasteiger partial charge in [0.1, 0.15) is 11.5 Å². The molecular weight excluding hydrogens is 425 g/mol. The number of ether oxygens (including phenoxy) is 2. The summed E-state index contributed by atoms with van der Waals surface area (Å²) in [6, 6.07) is 15.0. The van der Waals surface area contributed by atoms with Crippen LogP contribution in [0.3, 0.4) is 0 Å². The smallest absolute Gasteiger partial charge is 0.274 e. The molecule has 0 saturated carbocycles. The van der Waals surface area contributed by atoms with E-state index in [1.165, 1.54) is 16.8 Å². The average Bonchev–Trinajstić information content (AvgIpc) is 3.30. The van der Waals surface area contributed by atoms with Crippen molar-refractivity contribution in [2.24, 2.45) is 0 Å². The first-order valence-electron chi connectivity index (χ1n) is 10.2. The Bertz CT molecular complexity index is 1240. The summed E-state index contributed by atoms with van der Waals surface area (Å²) in [6.45, 7) is 0.382. The van der Waals surface area contributed by atoms with E-state index in [-0.39, 0.29) is 17.4 Å². The number of aromatic nitrogens is 4. The highest BCUT2D eigenvalue weighted by molar-refractivity contribution is 5.98. The highest BCUT2D eigenvalue weighted by Crippen LogP contribution is 2.28. The Labute approximate surface area is 190 Å². The zero-order valence-corrected chi connectivity index (χ0v) is 18.2. The van der Waals surface area contributed by atoms with Crippen molar-refractivity contribution in [3.8, 4) is 28.4 Å². The number of hydrogen-bond acceptors (Lipinski definition) is 6. The maximum Gasteiger partial charge on any atom is 0.274 e. The number of benzene rings is 2. The fourth-order valence-electron chi connectivity index (χ4n) is 3.41. The number of pyridine rings is 1. The van der Waals surface area contributed by atoms with Gasteiger partial charge in [0.05, 0.1) is 19.9 Å². The van der Waals surface area contributed by atoms with Crippen molar-refractivity contribution in [2.75, 3.05) is 20.8 Å². The van der Waals surface area contributed by atoms with Gasteiger partial charge in [-0.1, -0.05) is 11.3 Å². The molecule has 33 heavy (non-hydrogen) atoms. The molecule has 0 radical (unpaired) electrons. The molecule has 2 heterocycles. The summed E-state index contributed by atoms with van der Waals surface area (Å²) in [6.07, 6.45) is 3.83. The third-order valence-corrected chi connectivity index (χ3v) is 5.06. The van der Waals surface area contributed by atoms with Crippen molar-refractivity contribution in [2.45, 2.75) is 6.42 Å². The van der Waals surface area contributed by atoms with Crippen molar-refractivity contribution in [1.82, 2.24) is 25.3 Å². The van der Waals surface area contributed by atoms with E-state index in [0.29, 0.717) is 41.4 Å². The van der Waals surface area contributed by atoms with E-state index < -0.39 is 0 Å². The molecule has 4 aromatic rings. The van der Waals surface area contributed by atoms with E-state index in [4.69, 9.17) is 9.47 Å². The largest absolute Gasteiger partial charge is 0.493 e. The van der Waals surface area contributed by atoms with Crippen LogP contribution in [0.5, 0.6) is 11.5 Å². The predicted octanol–water partition coefficient (Wildman–Crippen LogP) is 3.46. The second-order valence-corrected chi connectivity index (χ2v) is 7.11. The molecule has 4 rings (SSSR count). The molecule has 2 aromatic heterocycles. The maximum absolute atomic E-state index is 13.4. The topological polar surface area (TPSA) is 91.2 Å². The molecule has 0 atom stereocenters. The second kappa shape index (κ2) is 9.90. The summed E-state index contributed by atoms with van der Waals surface area (Å²) < 4.78 is 25.5. The van der Waals surface area contributed by atoms with E-state index in [0.717, 1.165) is 5.56 Å². The van der Waals surface area contributed by atoms with Crippen molar-refractivity contribution >= 4 is 5.91 Å². The molecule has 0 aliphatic heterocycles. The molecule has 9 heteroatoms. The Hall–Kier alpha value is -4.27. The van der Waals surface area contributed by atoms with Gasteiger partial charge in [-0.05, 0) is 60.5 Å². The monoisotopic (exact) mass is 447 g/mol. The Morgan fingerprint density at radius 3 is 2.42 bits per heavy atom. The second-order valence-electron chi connectivity index (χ2n) is 7.11. The summed E-state index contributed by atoms with van der Waals surface area (Å²) in [5, 5.41) is 11.2. The van der Waals surface area contributed by atoms with E-state index in [2.05, 4.69) is 20.6 Å². The van der Waals surface area contributed by atoms with Crippen LogP contribution >= 0.6 is 0 Å². The molecule has 168 valence electrons. The van der Waals surface area contributed by atoms with Crippen molar-refractivity contribution in [1.29, 1.82) is 0 Å². The normalized spacial score (nSPS) is 10.6. The zero-order valence-electron chi connectivity index (χ0n) is 18.2. The zero-order chi connectivity index (χ0) is 23.2. The lowest BCUT2D eigenvalue weighted by Crippen LogP contribution is -2.26. The molecule has 0 unspecified atom stereocenters. The van der Waals surface area contributed by atoms with Gasteiger partial charge < -0.3 is 14.8 Å². The van der Waals surface area contributed by atoms with E-state index in [1.54, 1.807) is 50.9 Å². The van der Waals surface area contributed by atoms with Crippen LogP contribution in [0.15, 0.2) is 67.0 Å². The van der Waals surface area contributed by atoms with E-state index >= 15 is 0 Å². The summed E-state index contributed by atoms with van der Waals surface area (Å²) in [7, 11) is 3.16. The number of hydrogen-bond donors (Lipinski definition) is 1. The summed E-state index contributed by atoms with van der Waals surface area (Å²) in [5.74, 6) is 0.543. The minimum Gasteiger partial charge on any atom is -0.493 e. The van der Waals surface area contributed by atoms with Crippen molar-refractivity contribution in [3.05, 3.63) is 84.1 Å². The third-order valence-electron chi connectivity index (χ3n) is 5.06. The van der Waals surface area contributed by atoms with Gasteiger partial charge in [0.25, 0.3) is 5.91 Å². The van der Waals surface area contributed by atoms with Gasteiger partial charge in [-0.15, -0.1) is 5.10 Å². The number of nitrogens with one attached hydrogen (secondary N) is 1. The standard InChI is InChI=1S/C24H22FN5O3/c1-32-20-8-3-16(15-21(20)33-2)9-14-27-24(31)22-23(17-10-12-26-13-11-17)30(29-28-22)19-6-4-18(25)5-7-19/h3-8,10-13,15H,9,14H2,1-2H3,(H,27,31). The first kappa shape index (κ1) is 21.9. The Morgan fingerprint density at radius 1 is 1.00 bits per heavy atom. The summed E-state index contributed by atoms with van der Waals surface area (Å²) >= 11 is 0. The first-order valence-corrected chi connectivity index (χ1v) is 10.2. The molecular formula is C24H22FN5O3. The predicted molar refractivity (Wildman–Crippen MR) is 120 cm³/mol. The lowest BCUT2D eigenvalue weighted by atomic mass is 10.1. The highest BCUT2D eigenvalue weighted by atomic mass is 19.1. The van der Waals surface area contributed by atoms with E-state index in [9.17, 15) is 9.18 Å². The molecule has 0 spiro atoms. The fraction of sp³-hybridized carbons (Fsp3) is 0.167. The lowest BCUT2D eigenvalue weighted by Gasteiger charge is -2.10. The summed E-state index contributed by atoms with van der Waals surface area (Å²) in [5.41, 5.74) is 2.94. The molecule has 1 amide bonds. The maximum atomic E-state index is 13.4. The SMILES string of the molecule is COc1ccc(CCNC(=O)c2nnn(-c3ccc(F)cc3)c2-c2ccncc2)cc1OC. The van der Waals surface area contributed by atoms with Crippen LogP contribution in [-0.4, -0.2) is 46.6 Å². The number of carbonyl (C=O) groups is 1. The highest BCUT2D eigenvalue weighted by Gasteiger charge is 2.22. The first-order chi connectivity index (χ1) is 16.1. The molecule has 1 N–H and O–H groups in total. The molecule has 0 saturated heterocycles. The molecule has 0 fully saturated rings. The molecule has 0 aliphatic rings. The Morgan fingerprint density at radius 2 is 1.73 bits per heavy atom.